The van der Waals surface area contributed by atoms with E-state index in [9.17, 15) is 18.5 Å². The van der Waals surface area contributed by atoms with Crippen LogP contribution < -0.4 is 0 Å². The van der Waals surface area contributed by atoms with E-state index in [0.29, 0.717) is 13.1 Å². The summed E-state index contributed by atoms with van der Waals surface area (Å²) in [7, 11) is -3.84. The first-order chi connectivity index (χ1) is 12.9. The summed E-state index contributed by atoms with van der Waals surface area (Å²) < 4.78 is 27.1. The highest BCUT2D eigenvalue weighted by molar-refractivity contribution is 7.89. The lowest BCUT2D eigenvalue weighted by Crippen LogP contribution is -2.59. The molecule has 0 saturated carbocycles. The average Bonchev–Trinajstić information content (AvgIpc) is 3.05. The number of rotatable bonds is 5. The maximum absolute atomic E-state index is 12.9. The van der Waals surface area contributed by atoms with Gasteiger partial charge in [0.1, 0.15) is 0 Å². The van der Waals surface area contributed by atoms with E-state index in [4.69, 9.17) is 0 Å². The molecule has 0 unspecified atom stereocenters. The van der Waals surface area contributed by atoms with Gasteiger partial charge in [-0.05, 0) is 24.6 Å². The van der Waals surface area contributed by atoms with Crippen LogP contribution in [0.2, 0.25) is 0 Å². The molecule has 2 saturated heterocycles. The van der Waals surface area contributed by atoms with Gasteiger partial charge in [0.25, 0.3) is 5.69 Å². The summed E-state index contributed by atoms with van der Waals surface area (Å²) in [6.07, 6.45) is 0.947. The summed E-state index contributed by atoms with van der Waals surface area (Å²) in [5.41, 5.74) is 0.847. The lowest BCUT2D eigenvalue weighted by atomic mass is 9.81. The Bertz CT molecular complexity index is 956. The molecule has 2 aromatic rings. The van der Waals surface area contributed by atoms with Crippen LogP contribution in [0.3, 0.4) is 0 Å². The summed E-state index contributed by atoms with van der Waals surface area (Å²) in [6.45, 7) is 3.50. The third kappa shape index (κ3) is 3.36. The van der Waals surface area contributed by atoms with Crippen molar-refractivity contribution in [1.29, 1.82) is 0 Å². The molecule has 0 aromatic heterocycles. The third-order valence-corrected chi connectivity index (χ3v) is 7.31. The summed E-state index contributed by atoms with van der Waals surface area (Å²) in [5, 5.41) is 11.2. The summed E-state index contributed by atoms with van der Waals surface area (Å²) in [5.74, 6) is 0. The Balaban J connectivity index is 1.44. The van der Waals surface area contributed by atoms with E-state index in [1.165, 1.54) is 34.1 Å². The van der Waals surface area contributed by atoms with Gasteiger partial charge < -0.3 is 0 Å². The Labute approximate surface area is 158 Å². The lowest BCUT2D eigenvalue weighted by Gasteiger charge is -2.46. The van der Waals surface area contributed by atoms with Crippen LogP contribution in [0.5, 0.6) is 0 Å². The molecule has 4 rings (SSSR count). The van der Waals surface area contributed by atoms with Gasteiger partial charge in [-0.15, -0.1) is 0 Å². The fraction of sp³-hybridized carbons (Fsp3) is 0.368. The van der Waals surface area contributed by atoms with Crippen molar-refractivity contribution in [2.45, 2.75) is 17.9 Å². The maximum Gasteiger partial charge on any atom is 0.289 e. The highest BCUT2D eigenvalue weighted by atomic mass is 32.2. The quantitative estimate of drug-likeness (QED) is 0.581. The van der Waals surface area contributed by atoms with Crippen LogP contribution in [0, 0.1) is 15.5 Å². The fourth-order valence-electron chi connectivity index (χ4n) is 4.10. The molecule has 2 aliphatic heterocycles. The molecule has 0 radical (unpaired) electrons. The number of nitro groups is 1. The molecule has 0 aliphatic carbocycles. The van der Waals surface area contributed by atoms with Crippen LogP contribution in [-0.4, -0.2) is 48.7 Å². The van der Waals surface area contributed by atoms with E-state index in [1.807, 2.05) is 18.2 Å². The van der Waals surface area contributed by atoms with Crippen molar-refractivity contribution in [1.82, 2.24) is 9.21 Å². The first-order valence-corrected chi connectivity index (χ1v) is 10.3. The largest absolute Gasteiger partial charge is 0.298 e. The highest BCUT2D eigenvalue weighted by Crippen LogP contribution is 2.43. The standard InChI is InChI=1S/C19H21N3O4S/c23-22(24)17-8-4-5-9-18(17)27(25,26)21-14-19(15-21)10-11-20(13-19)12-16-6-2-1-3-7-16/h1-9H,10-15H2. The summed E-state index contributed by atoms with van der Waals surface area (Å²) in [6, 6.07) is 15.8. The van der Waals surface area contributed by atoms with Crippen LogP contribution in [-0.2, 0) is 16.6 Å². The van der Waals surface area contributed by atoms with Crippen molar-refractivity contribution in [3.63, 3.8) is 0 Å². The molecule has 8 heteroatoms. The van der Waals surface area contributed by atoms with Crippen LogP contribution in [0.25, 0.3) is 0 Å². The van der Waals surface area contributed by atoms with E-state index in [-0.39, 0.29) is 16.0 Å². The predicted molar refractivity (Wildman–Crippen MR) is 101 cm³/mol. The molecule has 0 N–H and O–H groups in total. The predicted octanol–water partition coefficient (Wildman–Crippen LogP) is 2.49. The van der Waals surface area contributed by atoms with Gasteiger partial charge in [-0.2, -0.15) is 4.31 Å². The molecule has 7 nitrogen and oxygen atoms in total. The average molecular weight is 387 g/mol. The van der Waals surface area contributed by atoms with E-state index < -0.39 is 14.9 Å². The number of nitro benzene ring substituents is 1. The maximum atomic E-state index is 12.9. The molecular formula is C19H21N3O4S. The number of benzene rings is 2. The normalized spacial score (nSPS) is 19.9. The Morgan fingerprint density at radius 1 is 1.00 bits per heavy atom. The molecular weight excluding hydrogens is 366 g/mol. The van der Waals surface area contributed by atoms with Gasteiger partial charge in [-0.3, -0.25) is 15.0 Å². The van der Waals surface area contributed by atoms with Crippen LogP contribution in [0.15, 0.2) is 59.5 Å². The van der Waals surface area contributed by atoms with Crippen molar-refractivity contribution in [2.75, 3.05) is 26.2 Å². The Morgan fingerprint density at radius 3 is 2.37 bits per heavy atom. The summed E-state index contributed by atoms with van der Waals surface area (Å²) in [4.78, 5) is 12.7. The second-order valence-corrected chi connectivity index (χ2v) is 9.35. The van der Waals surface area contributed by atoms with Crippen LogP contribution in [0.1, 0.15) is 12.0 Å². The topological polar surface area (TPSA) is 83.8 Å². The van der Waals surface area contributed by atoms with E-state index >= 15 is 0 Å². The third-order valence-electron chi connectivity index (χ3n) is 5.47. The van der Waals surface area contributed by atoms with Gasteiger partial charge in [0, 0.05) is 37.7 Å². The molecule has 0 atom stereocenters. The van der Waals surface area contributed by atoms with Gasteiger partial charge in [-0.25, -0.2) is 8.42 Å². The second-order valence-electron chi connectivity index (χ2n) is 7.44. The minimum atomic E-state index is -3.84. The molecule has 142 valence electrons. The van der Waals surface area contributed by atoms with Crippen molar-refractivity contribution in [2.24, 2.45) is 5.41 Å². The lowest BCUT2D eigenvalue weighted by molar-refractivity contribution is -0.387. The first-order valence-electron chi connectivity index (χ1n) is 8.90. The van der Waals surface area contributed by atoms with E-state index in [1.54, 1.807) is 0 Å². The number of para-hydroxylation sites is 1. The van der Waals surface area contributed by atoms with Crippen molar-refractivity contribution in [3.05, 3.63) is 70.3 Å². The molecule has 2 heterocycles. The van der Waals surface area contributed by atoms with Gasteiger partial charge in [0.2, 0.25) is 10.0 Å². The Kier molecular flexibility index (Phi) is 4.49. The van der Waals surface area contributed by atoms with Crippen molar-refractivity contribution < 1.29 is 13.3 Å². The number of sulfonamides is 1. The van der Waals surface area contributed by atoms with Crippen molar-refractivity contribution in [3.8, 4) is 0 Å². The minimum Gasteiger partial charge on any atom is -0.298 e. The molecule has 2 aliphatic rings. The van der Waals surface area contributed by atoms with Crippen molar-refractivity contribution >= 4 is 15.7 Å². The number of likely N-dealkylation sites (tertiary alicyclic amines) is 1. The highest BCUT2D eigenvalue weighted by Gasteiger charge is 2.52. The number of nitrogens with zero attached hydrogens (tertiary/aromatic N) is 3. The fourth-order valence-corrected chi connectivity index (χ4v) is 5.92. The second kappa shape index (κ2) is 6.70. The molecule has 1 spiro atoms. The first kappa shape index (κ1) is 18.1. The number of hydrogen-bond acceptors (Lipinski definition) is 5. The van der Waals surface area contributed by atoms with Gasteiger partial charge in [-0.1, -0.05) is 42.5 Å². The van der Waals surface area contributed by atoms with E-state index in [2.05, 4.69) is 17.0 Å². The molecule has 2 aromatic carbocycles. The zero-order chi connectivity index (χ0) is 19.1. The van der Waals surface area contributed by atoms with Crippen LogP contribution in [0.4, 0.5) is 5.69 Å². The smallest absolute Gasteiger partial charge is 0.289 e. The number of hydrogen-bond donors (Lipinski definition) is 0. The molecule has 27 heavy (non-hydrogen) atoms. The van der Waals surface area contributed by atoms with E-state index in [0.717, 1.165) is 26.1 Å². The Morgan fingerprint density at radius 2 is 1.67 bits per heavy atom. The van der Waals surface area contributed by atoms with Gasteiger partial charge >= 0.3 is 0 Å². The molecule has 0 bridgehead atoms. The van der Waals surface area contributed by atoms with Gasteiger partial charge in [0.05, 0.1) is 4.92 Å². The monoisotopic (exact) mass is 387 g/mol. The molecule has 2 fully saturated rings. The van der Waals surface area contributed by atoms with Crippen LogP contribution >= 0.6 is 0 Å². The zero-order valence-corrected chi connectivity index (χ0v) is 15.6. The van der Waals surface area contributed by atoms with Gasteiger partial charge in [0.15, 0.2) is 4.90 Å². The molecule has 0 amide bonds. The minimum absolute atomic E-state index is 0.0363. The summed E-state index contributed by atoms with van der Waals surface area (Å²) >= 11 is 0. The zero-order valence-electron chi connectivity index (χ0n) is 14.8. The SMILES string of the molecule is O=[N+]([O-])c1ccccc1S(=O)(=O)N1CC2(CCN(Cc3ccccc3)C2)C1. The Hall–Kier alpha value is -2.29.